The SMILES string of the molecule is CC1CCCN1c1ccc(-c2nnc(NC(=O)C(C)n3ncc4c3c(=O)n(C)c(=O)n4C)s2)cc1F. The summed E-state index contributed by atoms with van der Waals surface area (Å²) in [4.78, 5) is 39.9. The van der Waals surface area contributed by atoms with Crippen molar-refractivity contribution in [1.29, 1.82) is 0 Å². The number of benzene rings is 1. The van der Waals surface area contributed by atoms with Crippen LogP contribution in [-0.4, -0.2) is 47.6 Å². The maximum atomic E-state index is 14.9. The van der Waals surface area contributed by atoms with Gasteiger partial charge in [-0.15, -0.1) is 10.2 Å². The first kappa shape index (κ1) is 23.9. The molecule has 1 saturated heterocycles. The van der Waals surface area contributed by atoms with Crippen molar-refractivity contribution in [2.24, 2.45) is 14.1 Å². The Morgan fingerprint density at radius 2 is 2.00 bits per heavy atom. The van der Waals surface area contributed by atoms with Crippen molar-refractivity contribution in [3.05, 3.63) is 51.1 Å². The molecule has 36 heavy (non-hydrogen) atoms. The molecule has 1 aromatic carbocycles. The summed E-state index contributed by atoms with van der Waals surface area (Å²) in [6, 6.07) is 4.41. The van der Waals surface area contributed by atoms with E-state index in [0.29, 0.717) is 27.8 Å². The molecule has 4 aromatic rings. The summed E-state index contributed by atoms with van der Waals surface area (Å²) < 4.78 is 18.4. The third-order valence-electron chi connectivity index (χ3n) is 6.68. The van der Waals surface area contributed by atoms with E-state index in [-0.39, 0.29) is 16.5 Å². The number of aryl methyl sites for hydroxylation is 1. The molecule has 2 atom stereocenters. The number of fused-ring (bicyclic) bond motifs is 1. The predicted molar refractivity (Wildman–Crippen MR) is 135 cm³/mol. The van der Waals surface area contributed by atoms with E-state index in [9.17, 15) is 18.8 Å². The number of rotatable bonds is 5. The van der Waals surface area contributed by atoms with Gasteiger partial charge in [0.25, 0.3) is 11.5 Å². The number of anilines is 2. The van der Waals surface area contributed by atoms with Crippen LogP contribution in [0.3, 0.4) is 0 Å². The molecule has 1 N–H and O–H groups in total. The Balaban J connectivity index is 1.36. The van der Waals surface area contributed by atoms with E-state index in [1.165, 1.54) is 35.6 Å². The summed E-state index contributed by atoms with van der Waals surface area (Å²) in [6.07, 6.45) is 3.47. The van der Waals surface area contributed by atoms with Crippen LogP contribution in [0.25, 0.3) is 21.6 Å². The molecular weight excluding hydrogens is 487 g/mol. The number of carbonyl (C=O) groups excluding carboxylic acids is 1. The van der Waals surface area contributed by atoms with Crippen LogP contribution in [0.5, 0.6) is 0 Å². The van der Waals surface area contributed by atoms with Crippen LogP contribution < -0.4 is 21.5 Å². The fraction of sp³-hybridized carbons (Fsp3) is 0.391. The van der Waals surface area contributed by atoms with Crippen LogP contribution in [0.15, 0.2) is 34.0 Å². The fourth-order valence-corrected chi connectivity index (χ4v) is 5.29. The van der Waals surface area contributed by atoms with E-state index in [1.807, 2.05) is 0 Å². The quantitative estimate of drug-likeness (QED) is 0.436. The van der Waals surface area contributed by atoms with E-state index >= 15 is 0 Å². The van der Waals surface area contributed by atoms with Gasteiger partial charge in [-0.1, -0.05) is 11.3 Å². The molecule has 13 heteroatoms. The van der Waals surface area contributed by atoms with Crippen molar-refractivity contribution >= 4 is 39.1 Å². The van der Waals surface area contributed by atoms with Crippen molar-refractivity contribution in [2.75, 3.05) is 16.8 Å². The number of aromatic nitrogens is 6. The van der Waals surface area contributed by atoms with Crippen molar-refractivity contribution < 1.29 is 9.18 Å². The van der Waals surface area contributed by atoms with Gasteiger partial charge in [0.1, 0.15) is 16.9 Å². The van der Waals surface area contributed by atoms with Gasteiger partial charge in [0.05, 0.1) is 17.4 Å². The molecule has 0 saturated carbocycles. The lowest BCUT2D eigenvalue weighted by molar-refractivity contribution is -0.119. The van der Waals surface area contributed by atoms with Gasteiger partial charge in [-0.05, 0) is 44.9 Å². The Bertz CT molecular complexity index is 1600. The molecule has 0 spiro atoms. The number of nitrogens with one attached hydrogen (secondary N) is 1. The van der Waals surface area contributed by atoms with Crippen LogP contribution in [0.4, 0.5) is 15.2 Å². The van der Waals surface area contributed by atoms with Crippen molar-refractivity contribution in [3.8, 4) is 10.6 Å². The lowest BCUT2D eigenvalue weighted by Gasteiger charge is -2.24. The average molecular weight is 513 g/mol. The van der Waals surface area contributed by atoms with Crippen LogP contribution in [0.2, 0.25) is 0 Å². The lowest BCUT2D eigenvalue weighted by atomic mass is 10.1. The monoisotopic (exact) mass is 512 g/mol. The van der Waals surface area contributed by atoms with Crippen LogP contribution in [0, 0.1) is 5.82 Å². The highest BCUT2D eigenvalue weighted by Gasteiger charge is 2.25. The zero-order valence-electron chi connectivity index (χ0n) is 20.2. The fourth-order valence-electron chi connectivity index (χ4n) is 4.55. The molecular formula is C23H25FN8O3S. The topological polar surface area (TPSA) is 120 Å². The number of nitrogens with zero attached hydrogens (tertiary/aromatic N) is 7. The standard InChI is InChI=1S/C23H25FN8O3S/c1-12-6-5-9-31(12)16-8-7-14(10-15(16)24)20-27-28-22(36-20)26-19(33)13(2)32-18-17(11-25-32)29(3)23(35)30(4)21(18)34/h7-8,10-13H,5-6,9H2,1-4H3,(H,26,28,33). The molecule has 1 amide bonds. The highest BCUT2D eigenvalue weighted by atomic mass is 32.1. The Morgan fingerprint density at radius 1 is 1.22 bits per heavy atom. The maximum absolute atomic E-state index is 14.9. The van der Waals surface area contributed by atoms with E-state index < -0.39 is 23.2 Å². The first-order chi connectivity index (χ1) is 17.2. The molecule has 0 bridgehead atoms. The largest absolute Gasteiger partial charge is 0.366 e. The highest BCUT2D eigenvalue weighted by molar-refractivity contribution is 7.18. The molecule has 5 rings (SSSR count). The Hall–Kier alpha value is -3.87. The minimum absolute atomic E-state index is 0.142. The maximum Gasteiger partial charge on any atom is 0.331 e. The van der Waals surface area contributed by atoms with Crippen molar-refractivity contribution in [2.45, 2.75) is 38.8 Å². The van der Waals surface area contributed by atoms with E-state index in [0.717, 1.165) is 35.3 Å². The van der Waals surface area contributed by atoms with Gasteiger partial charge in [-0.3, -0.25) is 24.0 Å². The minimum Gasteiger partial charge on any atom is -0.366 e. The number of hydrogen-bond donors (Lipinski definition) is 1. The van der Waals surface area contributed by atoms with Gasteiger partial charge in [0.15, 0.2) is 5.52 Å². The van der Waals surface area contributed by atoms with Gasteiger partial charge < -0.3 is 4.90 Å². The summed E-state index contributed by atoms with van der Waals surface area (Å²) in [7, 11) is 2.90. The molecule has 2 unspecified atom stereocenters. The Kier molecular flexibility index (Phi) is 5.94. The van der Waals surface area contributed by atoms with Gasteiger partial charge in [-0.25, -0.2) is 13.9 Å². The van der Waals surface area contributed by atoms with Gasteiger partial charge in [0.2, 0.25) is 5.13 Å². The summed E-state index contributed by atoms with van der Waals surface area (Å²) >= 11 is 1.11. The third kappa shape index (κ3) is 3.88. The van der Waals surface area contributed by atoms with E-state index in [4.69, 9.17) is 0 Å². The summed E-state index contributed by atoms with van der Waals surface area (Å²) in [5.74, 6) is -0.791. The third-order valence-corrected chi connectivity index (χ3v) is 7.56. The van der Waals surface area contributed by atoms with Crippen LogP contribution in [-0.2, 0) is 18.9 Å². The van der Waals surface area contributed by atoms with E-state index in [2.05, 4.69) is 32.4 Å². The molecule has 3 aromatic heterocycles. The lowest BCUT2D eigenvalue weighted by Crippen LogP contribution is -2.38. The molecule has 4 heterocycles. The highest BCUT2D eigenvalue weighted by Crippen LogP contribution is 2.33. The molecule has 0 aliphatic carbocycles. The summed E-state index contributed by atoms with van der Waals surface area (Å²) in [5, 5.41) is 15.7. The molecule has 188 valence electrons. The van der Waals surface area contributed by atoms with E-state index in [1.54, 1.807) is 19.1 Å². The Labute approximate surface area is 208 Å². The second kappa shape index (κ2) is 8.97. The number of carbonyl (C=O) groups is 1. The summed E-state index contributed by atoms with van der Waals surface area (Å²) in [5.41, 5.74) is 0.586. The zero-order valence-corrected chi connectivity index (χ0v) is 21.0. The zero-order chi connectivity index (χ0) is 25.7. The predicted octanol–water partition coefficient (Wildman–Crippen LogP) is 2.28. The van der Waals surface area contributed by atoms with Gasteiger partial charge in [-0.2, -0.15) is 5.10 Å². The molecule has 0 radical (unpaired) electrons. The number of halogens is 1. The minimum atomic E-state index is -0.876. The molecule has 1 aliphatic rings. The summed E-state index contributed by atoms with van der Waals surface area (Å²) in [6.45, 7) is 4.51. The molecule has 1 fully saturated rings. The smallest absolute Gasteiger partial charge is 0.331 e. The normalized spacial score (nSPS) is 16.6. The second-order valence-corrected chi connectivity index (χ2v) is 9.93. The van der Waals surface area contributed by atoms with Crippen molar-refractivity contribution in [3.63, 3.8) is 0 Å². The average Bonchev–Trinajstić information content (AvgIpc) is 3.61. The van der Waals surface area contributed by atoms with Gasteiger partial charge in [0, 0.05) is 32.2 Å². The first-order valence-electron chi connectivity index (χ1n) is 11.5. The van der Waals surface area contributed by atoms with Crippen molar-refractivity contribution in [1.82, 2.24) is 29.1 Å². The first-order valence-corrected chi connectivity index (χ1v) is 12.3. The molecule has 1 aliphatic heterocycles. The Morgan fingerprint density at radius 3 is 2.69 bits per heavy atom. The number of hydrogen-bond acceptors (Lipinski definition) is 8. The van der Waals surface area contributed by atoms with Crippen LogP contribution >= 0.6 is 11.3 Å². The number of amides is 1. The van der Waals surface area contributed by atoms with Crippen LogP contribution in [0.1, 0.15) is 32.7 Å². The molecule has 11 nitrogen and oxygen atoms in total. The second-order valence-electron chi connectivity index (χ2n) is 8.96. The van der Waals surface area contributed by atoms with Gasteiger partial charge >= 0.3 is 5.69 Å².